The summed E-state index contributed by atoms with van der Waals surface area (Å²) in [5.74, 6) is 1.76. The average molecular weight is 531 g/mol. The molecule has 1 saturated heterocycles. The standard InChI is InChI=1S/C27H19BrN2O5/c1-2-14-34-24-13-8-20(28)15-19(24)16-23-25(31)29-27(33)30(26(23)32)21-9-11-22(12-10-21)35-17-18-6-4-3-5-7-18/h1,3-13,15-16H,14,17H2,(H,29,31,33)/b23-16+. The van der Waals surface area contributed by atoms with Crippen LogP contribution in [-0.2, 0) is 16.2 Å². The third-order valence-electron chi connectivity index (χ3n) is 5.03. The highest BCUT2D eigenvalue weighted by Crippen LogP contribution is 2.29. The summed E-state index contributed by atoms with van der Waals surface area (Å²) in [5.41, 5.74) is 1.52. The summed E-state index contributed by atoms with van der Waals surface area (Å²) in [4.78, 5) is 39.2. The van der Waals surface area contributed by atoms with Crippen molar-refractivity contribution in [2.45, 2.75) is 6.61 Å². The molecule has 8 heteroatoms. The fourth-order valence-electron chi connectivity index (χ4n) is 3.36. The van der Waals surface area contributed by atoms with E-state index in [1.54, 1.807) is 42.5 Å². The van der Waals surface area contributed by atoms with Crippen molar-refractivity contribution in [1.29, 1.82) is 0 Å². The first-order valence-electron chi connectivity index (χ1n) is 10.5. The molecule has 1 aliphatic heterocycles. The lowest BCUT2D eigenvalue weighted by Crippen LogP contribution is -2.54. The lowest BCUT2D eigenvalue weighted by Gasteiger charge is -2.26. The molecule has 4 rings (SSSR count). The van der Waals surface area contributed by atoms with E-state index >= 15 is 0 Å². The lowest BCUT2D eigenvalue weighted by atomic mass is 10.1. The maximum atomic E-state index is 13.2. The SMILES string of the molecule is C#CCOc1ccc(Br)cc1/C=C1\C(=O)NC(=O)N(c2ccc(OCc3ccccc3)cc2)C1=O. The van der Waals surface area contributed by atoms with E-state index in [1.165, 1.54) is 6.08 Å². The second kappa shape index (κ2) is 10.7. The predicted octanol–water partition coefficient (Wildman–Crippen LogP) is 4.71. The Morgan fingerprint density at radius 1 is 0.971 bits per heavy atom. The molecule has 0 unspecified atom stereocenters. The minimum atomic E-state index is -0.840. The smallest absolute Gasteiger partial charge is 0.335 e. The summed E-state index contributed by atoms with van der Waals surface area (Å²) < 4.78 is 12.0. The van der Waals surface area contributed by atoms with Crippen molar-refractivity contribution in [2.75, 3.05) is 11.5 Å². The maximum absolute atomic E-state index is 13.2. The second-order valence-electron chi connectivity index (χ2n) is 7.40. The van der Waals surface area contributed by atoms with E-state index < -0.39 is 17.8 Å². The number of urea groups is 1. The molecule has 3 aromatic rings. The molecule has 0 atom stereocenters. The number of carbonyl (C=O) groups excluding carboxylic acids is 3. The summed E-state index contributed by atoms with van der Waals surface area (Å²) in [7, 11) is 0. The van der Waals surface area contributed by atoms with Crippen LogP contribution in [0.2, 0.25) is 0 Å². The molecule has 0 bridgehead atoms. The Labute approximate surface area is 210 Å². The Hall–Kier alpha value is -4.35. The number of halogens is 1. The largest absolute Gasteiger partial charge is 0.489 e. The maximum Gasteiger partial charge on any atom is 0.335 e. The number of imide groups is 2. The third-order valence-corrected chi connectivity index (χ3v) is 5.52. The molecule has 1 aliphatic rings. The number of hydrogen-bond acceptors (Lipinski definition) is 5. The molecule has 0 aromatic heterocycles. The molecule has 0 spiro atoms. The number of carbonyl (C=O) groups is 3. The van der Waals surface area contributed by atoms with Crippen LogP contribution in [0.1, 0.15) is 11.1 Å². The Kier molecular flexibility index (Phi) is 7.29. The molecule has 1 fully saturated rings. The molecule has 35 heavy (non-hydrogen) atoms. The number of terminal acetylenes is 1. The summed E-state index contributed by atoms with van der Waals surface area (Å²) in [5, 5.41) is 2.21. The zero-order chi connectivity index (χ0) is 24.8. The molecule has 1 N–H and O–H groups in total. The van der Waals surface area contributed by atoms with Crippen LogP contribution in [0.3, 0.4) is 0 Å². The molecule has 1 heterocycles. The van der Waals surface area contributed by atoms with Crippen LogP contribution >= 0.6 is 15.9 Å². The van der Waals surface area contributed by atoms with Crippen molar-refractivity contribution >= 4 is 45.5 Å². The van der Waals surface area contributed by atoms with Gasteiger partial charge in [0.25, 0.3) is 11.8 Å². The third kappa shape index (κ3) is 5.60. The fraction of sp³-hybridized carbons (Fsp3) is 0.0741. The van der Waals surface area contributed by atoms with Crippen molar-refractivity contribution in [3.8, 4) is 23.8 Å². The molecule has 0 aliphatic carbocycles. The molecular formula is C27H19BrN2O5. The van der Waals surface area contributed by atoms with E-state index in [2.05, 4.69) is 27.2 Å². The number of rotatable bonds is 7. The Balaban J connectivity index is 1.58. The molecule has 0 saturated carbocycles. The van der Waals surface area contributed by atoms with Gasteiger partial charge in [-0.25, -0.2) is 9.69 Å². The summed E-state index contributed by atoms with van der Waals surface area (Å²) in [6.07, 6.45) is 6.64. The fourth-order valence-corrected chi connectivity index (χ4v) is 3.74. The van der Waals surface area contributed by atoms with Gasteiger partial charge in [-0.15, -0.1) is 6.42 Å². The Morgan fingerprint density at radius 3 is 2.43 bits per heavy atom. The molecule has 3 aromatic carbocycles. The molecular weight excluding hydrogens is 512 g/mol. The number of benzene rings is 3. The predicted molar refractivity (Wildman–Crippen MR) is 135 cm³/mol. The van der Waals surface area contributed by atoms with Crippen LogP contribution in [0.15, 0.2) is 82.8 Å². The first-order chi connectivity index (χ1) is 17.0. The summed E-state index contributed by atoms with van der Waals surface area (Å²) >= 11 is 3.36. The van der Waals surface area contributed by atoms with Crippen LogP contribution in [-0.4, -0.2) is 24.5 Å². The van der Waals surface area contributed by atoms with Gasteiger partial charge in [0.05, 0.1) is 5.69 Å². The van der Waals surface area contributed by atoms with Gasteiger partial charge in [-0.05, 0) is 54.1 Å². The van der Waals surface area contributed by atoms with Crippen LogP contribution in [0.5, 0.6) is 11.5 Å². The van der Waals surface area contributed by atoms with Crippen LogP contribution in [0.25, 0.3) is 6.08 Å². The summed E-state index contributed by atoms with van der Waals surface area (Å²) in [6, 6.07) is 20.4. The Morgan fingerprint density at radius 2 is 1.71 bits per heavy atom. The van der Waals surface area contributed by atoms with Gasteiger partial charge >= 0.3 is 6.03 Å². The monoisotopic (exact) mass is 530 g/mol. The van der Waals surface area contributed by atoms with Crippen molar-refractivity contribution in [1.82, 2.24) is 5.32 Å². The first-order valence-corrected chi connectivity index (χ1v) is 11.3. The van der Waals surface area contributed by atoms with Crippen molar-refractivity contribution in [3.63, 3.8) is 0 Å². The number of nitrogens with zero attached hydrogens (tertiary/aromatic N) is 1. The van der Waals surface area contributed by atoms with E-state index in [9.17, 15) is 14.4 Å². The zero-order valence-corrected chi connectivity index (χ0v) is 19.9. The number of nitrogens with one attached hydrogen (secondary N) is 1. The number of hydrogen-bond donors (Lipinski definition) is 1. The van der Waals surface area contributed by atoms with Gasteiger partial charge in [-0.2, -0.15) is 0 Å². The van der Waals surface area contributed by atoms with Crippen molar-refractivity contribution in [3.05, 3.63) is 94.0 Å². The quantitative estimate of drug-likeness (QED) is 0.271. The number of amides is 4. The highest BCUT2D eigenvalue weighted by molar-refractivity contribution is 9.10. The van der Waals surface area contributed by atoms with E-state index in [1.807, 2.05) is 30.3 Å². The molecule has 4 amide bonds. The molecule has 0 radical (unpaired) electrons. The average Bonchev–Trinajstić information content (AvgIpc) is 2.86. The van der Waals surface area contributed by atoms with E-state index in [4.69, 9.17) is 15.9 Å². The lowest BCUT2D eigenvalue weighted by molar-refractivity contribution is -0.122. The Bertz CT molecular complexity index is 1340. The van der Waals surface area contributed by atoms with Gasteiger partial charge in [-0.3, -0.25) is 14.9 Å². The van der Waals surface area contributed by atoms with Gasteiger partial charge in [0, 0.05) is 10.0 Å². The van der Waals surface area contributed by atoms with Gasteiger partial charge in [0.15, 0.2) is 0 Å². The summed E-state index contributed by atoms with van der Waals surface area (Å²) in [6.45, 7) is 0.392. The van der Waals surface area contributed by atoms with E-state index in [0.29, 0.717) is 28.1 Å². The zero-order valence-electron chi connectivity index (χ0n) is 18.4. The van der Waals surface area contributed by atoms with Crippen LogP contribution in [0.4, 0.5) is 10.5 Å². The first kappa shape index (κ1) is 23.8. The number of barbiturate groups is 1. The van der Waals surface area contributed by atoms with Crippen LogP contribution in [0, 0.1) is 12.3 Å². The molecule has 174 valence electrons. The normalized spacial score (nSPS) is 14.5. The van der Waals surface area contributed by atoms with E-state index in [0.717, 1.165) is 10.5 Å². The van der Waals surface area contributed by atoms with Crippen molar-refractivity contribution in [2.24, 2.45) is 0 Å². The minimum Gasteiger partial charge on any atom is -0.489 e. The van der Waals surface area contributed by atoms with Crippen molar-refractivity contribution < 1.29 is 23.9 Å². The van der Waals surface area contributed by atoms with Gasteiger partial charge in [0.2, 0.25) is 0 Å². The van der Waals surface area contributed by atoms with Crippen LogP contribution < -0.4 is 19.7 Å². The second-order valence-corrected chi connectivity index (χ2v) is 8.32. The minimum absolute atomic E-state index is 0.0151. The van der Waals surface area contributed by atoms with Gasteiger partial charge < -0.3 is 9.47 Å². The molecule has 7 nitrogen and oxygen atoms in total. The highest BCUT2D eigenvalue weighted by atomic mass is 79.9. The van der Waals surface area contributed by atoms with Gasteiger partial charge in [-0.1, -0.05) is 52.2 Å². The number of ether oxygens (including phenoxy) is 2. The van der Waals surface area contributed by atoms with E-state index in [-0.39, 0.29) is 17.9 Å². The van der Waals surface area contributed by atoms with Gasteiger partial charge in [0.1, 0.15) is 30.3 Å². The topological polar surface area (TPSA) is 84.9 Å². The highest BCUT2D eigenvalue weighted by Gasteiger charge is 2.37. The number of anilines is 1.